The molecule has 134 valence electrons. The third-order valence-corrected chi connectivity index (χ3v) is 3.85. The van der Waals surface area contributed by atoms with Crippen LogP contribution in [0.15, 0.2) is 53.2 Å². The van der Waals surface area contributed by atoms with Crippen molar-refractivity contribution in [2.24, 2.45) is 0 Å². The van der Waals surface area contributed by atoms with E-state index in [1.54, 1.807) is 24.5 Å². The summed E-state index contributed by atoms with van der Waals surface area (Å²) in [6.45, 7) is 2.82. The lowest BCUT2D eigenvalue weighted by Crippen LogP contribution is -2.33. The van der Waals surface area contributed by atoms with E-state index < -0.39 is 5.91 Å². The van der Waals surface area contributed by atoms with Gasteiger partial charge in [-0.25, -0.2) is 0 Å². The molecule has 0 saturated carbocycles. The highest BCUT2D eigenvalue weighted by Gasteiger charge is 2.13. The minimum Gasteiger partial charge on any atom is -0.494 e. The molecule has 26 heavy (non-hydrogen) atoms. The molecule has 1 aromatic carbocycles. The molecule has 3 rings (SSSR count). The summed E-state index contributed by atoms with van der Waals surface area (Å²) in [5.74, 6) is 0.560. The molecule has 2 aromatic heterocycles. The van der Waals surface area contributed by atoms with Crippen molar-refractivity contribution in [3.8, 4) is 5.75 Å². The van der Waals surface area contributed by atoms with Crippen LogP contribution in [0.4, 0.5) is 5.69 Å². The Hall–Kier alpha value is -2.93. The SMILES string of the molecule is CCCCOc1ccc(NC(=S)NC(=O)c2cc3cnccc3o2)cc1. The average Bonchev–Trinajstić information content (AvgIpc) is 3.08. The molecule has 2 N–H and O–H groups in total. The van der Waals surface area contributed by atoms with E-state index in [0.29, 0.717) is 12.2 Å². The number of carbonyl (C=O) groups is 1. The number of furan rings is 1. The molecular weight excluding hydrogens is 350 g/mol. The van der Waals surface area contributed by atoms with Gasteiger partial charge in [0.1, 0.15) is 11.3 Å². The van der Waals surface area contributed by atoms with Crippen molar-refractivity contribution in [3.63, 3.8) is 0 Å². The molecule has 7 heteroatoms. The first kappa shape index (κ1) is 17.9. The summed E-state index contributed by atoms with van der Waals surface area (Å²) in [4.78, 5) is 16.2. The van der Waals surface area contributed by atoms with Gasteiger partial charge in [-0.05, 0) is 55.0 Å². The maximum absolute atomic E-state index is 12.2. The monoisotopic (exact) mass is 369 g/mol. The third-order valence-electron chi connectivity index (χ3n) is 3.65. The molecule has 0 unspecified atom stereocenters. The molecule has 1 amide bonds. The number of ether oxygens (including phenoxy) is 1. The van der Waals surface area contributed by atoms with Crippen molar-refractivity contribution in [3.05, 3.63) is 54.6 Å². The van der Waals surface area contributed by atoms with Gasteiger partial charge in [-0.15, -0.1) is 0 Å². The number of hydrogen-bond donors (Lipinski definition) is 2. The number of aromatic nitrogens is 1. The van der Waals surface area contributed by atoms with Crippen molar-refractivity contribution in [2.75, 3.05) is 11.9 Å². The Kier molecular flexibility index (Phi) is 5.80. The van der Waals surface area contributed by atoms with Gasteiger partial charge in [-0.2, -0.15) is 0 Å². The normalized spacial score (nSPS) is 10.5. The molecule has 0 saturated heterocycles. The van der Waals surface area contributed by atoms with Crippen molar-refractivity contribution in [1.82, 2.24) is 10.3 Å². The average molecular weight is 369 g/mol. The minimum absolute atomic E-state index is 0.178. The summed E-state index contributed by atoms with van der Waals surface area (Å²) in [5, 5.41) is 6.51. The number of pyridine rings is 1. The molecule has 0 aliphatic heterocycles. The van der Waals surface area contributed by atoms with Crippen molar-refractivity contribution in [2.45, 2.75) is 19.8 Å². The predicted octanol–water partition coefficient (Wildman–Crippen LogP) is 4.13. The smallest absolute Gasteiger partial charge is 0.293 e. The van der Waals surface area contributed by atoms with Gasteiger partial charge in [-0.3, -0.25) is 15.1 Å². The molecule has 0 spiro atoms. The van der Waals surface area contributed by atoms with Crippen molar-refractivity contribution < 1.29 is 13.9 Å². The second kappa shape index (κ2) is 8.44. The van der Waals surface area contributed by atoms with E-state index in [1.807, 2.05) is 24.3 Å². The van der Waals surface area contributed by atoms with Gasteiger partial charge in [0.2, 0.25) is 0 Å². The summed E-state index contributed by atoms with van der Waals surface area (Å²) in [7, 11) is 0. The fraction of sp³-hybridized carbons (Fsp3) is 0.211. The first-order valence-corrected chi connectivity index (χ1v) is 8.75. The van der Waals surface area contributed by atoms with Crippen LogP contribution in [0.5, 0.6) is 5.75 Å². The molecule has 0 radical (unpaired) electrons. The van der Waals surface area contributed by atoms with Gasteiger partial charge in [0.15, 0.2) is 10.9 Å². The molecule has 0 fully saturated rings. The maximum atomic E-state index is 12.2. The van der Waals surface area contributed by atoms with E-state index in [1.165, 1.54) is 0 Å². The Labute approximate surface area is 156 Å². The quantitative estimate of drug-likeness (QED) is 0.502. The van der Waals surface area contributed by atoms with Gasteiger partial charge < -0.3 is 14.5 Å². The van der Waals surface area contributed by atoms with Crippen molar-refractivity contribution >= 4 is 39.9 Å². The van der Waals surface area contributed by atoms with Gasteiger partial charge >= 0.3 is 0 Å². The largest absolute Gasteiger partial charge is 0.494 e. The summed E-state index contributed by atoms with van der Waals surface area (Å²) in [6.07, 6.45) is 5.36. The summed E-state index contributed by atoms with van der Waals surface area (Å²) in [5.41, 5.74) is 1.36. The van der Waals surface area contributed by atoms with E-state index in [-0.39, 0.29) is 10.9 Å². The van der Waals surface area contributed by atoms with Gasteiger partial charge in [0.25, 0.3) is 5.91 Å². The lowest BCUT2D eigenvalue weighted by atomic mass is 10.3. The summed E-state index contributed by atoms with van der Waals surface area (Å²) in [6, 6.07) is 10.7. The first-order chi connectivity index (χ1) is 12.7. The van der Waals surface area contributed by atoms with Crippen LogP contribution in [0.1, 0.15) is 30.3 Å². The van der Waals surface area contributed by atoms with E-state index in [9.17, 15) is 4.79 Å². The minimum atomic E-state index is -0.418. The van der Waals surface area contributed by atoms with E-state index >= 15 is 0 Å². The van der Waals surface area contributed by atoms with Gasteiger partial charge in [-0.1, -0.05) is 13.3 Å². The van der Waals surface area contributed by atoms with Crippen LogP contribution in [-0.4, -0.2) is 22.6 Å². The van der Waals surface area contributed by atoms with Gasteiger partial charge in [0.05, 0.1) is 6.61 Å². The van der Waals surface area contributed by atoms with Crippen LogP contribution >= 0.6 is 12.2 Å². The Morgan fingerprint density at radius 2 is 2.08 bits per heavy atom. The lowest BCUT2D eigenvalue weighted by molar-refractivity contribution is 0.0953. The zero-order valence-corrected chi connectivity index (χ0v) is 15.1. The van der Waals surface area contributed by atoms with Crippen LogP contribution in [0.3, 0.4) is 0 Å². The van der Waals surface area contributed by atoms with Crippen LogP contribution in [0.25, 0.3) is 11.0 Å². The van der Waals surface area contributed by atoms with Crippen LogP contribution < -0.4 is 15.4 Å². The van der Waals surface area contributed by atoms with Gasteiger partial charge in [0, 0.05) is 23.5 Å². The van der Waals surface area contributed by atoms with E-state index in [2.05, 4.69) is 22.5 Å². The Bertz CT molecular complexity index is 873. The fourth-order valence-electron chi connectivity index (χ4n) is 2.29. The standard InChI is InChI=1S/C19H19N3O3S/c1-2-3-10-24-15-6-4-14(5-7-15)21-19(26)22-18(23)17-11-13-12-20-9-8-16(13)25-17/h4-9,11-12H,2-3,10H2,1H3,(H2,21,22,23,26). The number of hydrogen-bond acceptors (Lipinski definition) is 5. The number of nitrogens with one attached hydrogen (secondary N) is 2. The molecule has 0 bridgehead atoms. The Morgan fingerprint density at radius 3 is 2.81 bits per heavy atom. The number of amides is 1. The Morgan fingerprint density at radius 1 is 1.27 bits per heavy atom. The fourth-order valence-corrected chi connectivity index (χ4v) is 2.50. The molecule has 0 aliphatic rings. The number of carbonyl (C=O) groups excluding carboxylic acids is 1. The highest BCUT2D eigenvalue weighted by atomic mass is 32.1. The number of nitrogens with zero attached hydrogens (tertiary/aromatic N) is 1. The Balaban J connectivity index is 1.55. The number of unbranched alkanes of at least 4 members (excludes halogenated alkanes) is 1. The molecule has 0 atom stereocenters. The van der Waals surface area contributed by atoms with E-state index in [4.69, 9.17) is 21.4 Å². The number of benzene rings is 1. The number of fused-ring (bicyclic) bond motifs is 1. The summed E-state index contributed by atoms with van der Waals surface area (Å²) < 4.78 is 11.1. The maximum Gasteiger partial charge on any atom is 0.293 e. The lowest BCUT2D eigenvalue weighted by Gasteiger charge is -2.10. The topological polar surface area (TPSA) is 76.4 Å². The number of thiocarbonyl (C=S) groups is 1. The zero-order valence-electron chi connectivity index (χ0n) is 14.3. The van der Waals surface area contributed by atoms with E-state index in [0.717, 1.165) is 29.7 Å². The van der Waals surface area contributed by atoms with Crippen LogP contribution in [0.2, 0.25) is 0 Å². The van der Waals surface area contributed by atoms with Crippen molar-refractivity contribution in [1.29, 1.82) is 0 Å². The molecular formula is C19H19N3O3S. The molecule has 6 nitrogen and oxygen atoms in total. The second-order valence-corrected chi connectivity index (χ2v) is 6.07. The molecule has 0 aliphatic carbocycles. The number of rotatable bonds is 6. The van der Waals surface area contributed by atoms with Crippen LogP contribution in [-0.2, 0) is 0 Å². The molecule has 2 heterocycles. The van der Waals surface area contributed by atoms with Crippen LogP contribution in [0, 0.1) is 0 Å². The number of anilines is 1. The highest BCUT2D eigenvalue weighted by Crippen LogP contribution is 2.18. The predicted molar refractivity (Wildman–Crippen MR) is 105 cm³/mol. The zero-order chi connectivity index (χ0) is 18.4. The third kappa shape index (κ3) is 4.58. The summed E-state index contributed by atoms with van der Waals surface area (Å²) >= 11 is 5.18. The second-order valence-electron chi connectivity index (χ2n) is 5.66. The highest BCUT2D eigenvalue weighted by molar-refractivity contribution is 7.80. The first-order valence-electron chi connectivity index (χ1n) is 8.34. The molecule has 3 aromatic rings.